The van der Waals surface area contributed by atoms with E-state index in [1.165, 1.54) is 6.07 Å². The molecule has 6 heteroatoms. The first kappa shape index (κ1) is 12.9. The lowest BCUT2D eigenvalue weighted by atomic mass is 10.1. The molecule has 0 spiro atoms. The van der Waals surface area contributed by atoms with Crippen LogP contribution in [-0.4, -0.2) is 6.43 Å². The second-order valence-corrected chi connectivity index (χ2v) is 3.14. The molecule has 1 radical (unpaired) electrons. The van der Waals surface area contributed by atoms with Crippen molar-refractivity contribution in [2.45, 2.75) is 25.7 Å². The monoisotopic (exact) mass is 241 g/mol. The molecule has 0 amide bonds. The molecule has 0 aromatic heterocycles. The number of benzene rings is 1. The van der Waals surface area contributed by atoms with E-state index in [4.69, 9.17) is 0 Å². The van der Waals surface area contributed by atoms with Gasteiger partial charge in [-0.1, -0.05) is 0 Å². The van der Waals surface area contributed by atoms with Crippen molar-refractivity contribution in [1.29, 1.82) is 0 Å². The third kappa shape index (κ3) is 2.90. The summed E-state index contributed by atoms with van der Waals surface area (Å²) in [6, 6.07) is 1.35. The average molecular weight is 241 g/mol. The van der Waals surface area contributed by atoms with Gasteiger partial charge in [-0.2, -0.15) is 0 Å². The smallest absolute Gasteiger partial charge is 0.211 e. The molecule has 0 N–H and O–H groups in total. The van der Waals surface area contributed by atoms with E-state index in [1.807, 2.05) is 0 Å². The van der Waals surface area contributed by atoms with Gasteiger partial charge in [-0.05, 0) is 12.8 Å². The maximum atomic E-state index is 13.0. The highest BCUT2D eigenvalue weighted by Crippen LogP contribution is 2.20. The molecule has 0 fully saturated rings. The molecule has 0 aliphatic carbocycles. The van der Waals surface area contributed by atoms with Gasteiger partial charge < -0.3 is 0 Å². The fraction of sp³-hybridized carbons (Fsp3) is 0.400. The van der Waals surface area contributed by atoms with Crippen LogP contribution in [0.4, 0.5) is 26.3 Å². The summed E-state index contributed by atoms with van der Waals surface area (Å²) in [5.41, 5.74) is -0.750. The topological polar surface area (TPSA) is 0 Å². The minimum atomic E-state index is -2.60. The summed E-state index contributed by atoms with van der Waals surface area (Å²) >= 11 is 0. The summed E-state index contributed by atoms with van der Waals surface area (Å²) in [5.74, 6) is -6.66. The van der Waals surface area contributed by atoms with Crippen LogP contribution in [0.25, 0.3) is 0 Å². The highest BCUT2D eigenvalue weighted by molar-refractivity contribution is 5.21. The number of halogens is 6. The van der Waals surface area contributed by atoms with Crippen LogP contribution >= 0.6 is 0 Å². The Morgan fingerprint density at radius 3 is 2.12 bits per heavy atom. The van der Waals surface area contributed by atoms with E-state index < -0.39 is 48.1 Å². The normalized spacial score (nSPS) is 11.2. The zero-order valence-corrected chi connectivity index (χ0v) is 7.97. The van der Waals surface area contributed by atoms with Crippen molar-refractivity contribution in [2.75, 3.05) is 0 Å². The average Bonchev–Trinajstić information content (AvgIpc) is 2.19. The SMILES string of the molecule is Fc1[c]c(F)c(CCCC(F)F)c(F)c1F. The Kier molecular flexibility index (Phi) is 4.20. The molecular weight excluding hydrogens is 234 g/mol. The van der Waals surface area contributed by atoms with Crippen LogP contribution < -0.4 is 0 Å². The molecule has 0 nitrogen and oxygen atoms in total. The molecule has 0 heterocycles. The minimum Gasteiger partial charge on any atom is -0.211 e. The maximum Gasteiger partial charge on any atom is 0.238 e. The largest absolute Gasteiger partial charge is 0.238 e. The third-order valence-corrected chi connectivity index (χ3v) is 1.98. The van der Waals surface area contributed by atoms with Gasteiger partial charge in [0.25, 0.3) is 0 Å². The summed E-state index contributed by atoms with van der Waals surface area (Å²) in [6.07, 6.45) is -3.79. The Labute approximate surface area is 87.9 Å². The Morgan fingerprint density at radius 1 is 0.938 bits per heavy atom. The molecule has 0 aliphatic heterocycles. The Balaban J connectivity index is 2.84. The van der Waals surface area contributed by atoms with Crippen LogP contribution in [0.5, 0.6) is 0 Å². The van der Waals surface area contributed by atoms with Gasteiger partial charge in [0.2, 0.25) is 6.43 Å². The van der Waals surface area contributed by atoms with Crippen molar-refractivity contribution < 1.29 is 26.3 Å². The second kappa shape index (κ2) is 5.23. The van der Waals surface area contributed by atoms with Gasteiger partial charge in [-0.3, -0.25) is 0 Å². The van der Waals surface area contributed by atoms with Gasteiger partial charge in [0.05, 0.1) is 6.07 Å². The van der Waals surface area contributed by atoms with Crippen LogP contribution in [0, 0.1) is 29.3 Å². The van der Waals surface area contributed by atoms with Crippen LogP contribution in [-0.2, 0) is 6.42 Å². The number of alkyl halides is 2. The molecule has 0 saturated carbocycles. The number of hydrogen-bond donors (Lipinski definition) is 0. The molecule has 0 aliphatic rings. The van der Waals surface area contributed by atoms with Crippen molar-refractivity contribution in [3.8, 4) is 0 Å². The maximum absolute atomic E-state index is 13.0. The predicted octanol–water partition coefficient (Wildman–Crippen LogP) is 3.63. The lowest BCUT2D eigenvalue weighted by Crippen LogP contribution is -2.04. The first-order chi connectivity index (χ1) is 7.43. The summed E-state index contributed by atoms with van der Waals surface area (Å²) in [7, 11) is 0. The molecular formula is C10H7F6. The van der Waals surface area contributed by atoms with Gasteiger partial charge in [0, 0.05) is 12.0 Å². The molecule has 0 saturated heterocycles. The van der Waals surface area contributed by atoms with E-state index in [9.17, 15) is 26.3 Å². The van der Waals surface area contributed by atoms with Crippen LogP contribution in [0.15, 0.2) is 0 Å². The van der Waals surface area contributed by atoms with E-state index in [0.717, 1.165) is 0 Å². The Hall–Kier alpha value is -1.20. The number of rotatable bonds is 4. The molecule has 0 atom stereocenters. The standard InChI is InChI=1S/C10H7F6/c11-6-4-7(12)10(16)9(15)5(6)2-1-3-8(13)14/h8H,1-3H2. The lowest BCUT2D eigenvalue weighted by Gasteiger charge is -2.05. The van der Waals surface area contributed by atoms with E-state index >= 15 is 0 Å². The van der Waals surface area contributed by atoms with Gasteiger partial charge in [0.15, 0.2) is 17.5 Å². The van der Waals surface area contributed by atoms with Crippen LogP contribution in [0.2, 0.25) is 0 Å². The zero-order chi connectivity index (χ0) is 12.3. The fourth-order valence-electron chi connectivity index (χ4n) is 1.20. The molecule has 1 rings (SSSR count). The second-order valence-electron chi connectivity index (χ2n) is 3.14. The van der Waals surface area contributed by atoms with Crippen molar-refractivity contribution in [3.05, 3.63) is 34.9 Å². The Morgan fingerprint density at radius 2 is 1.56 bits per heavy atom. The lowest BCUT2D eigenvalue weighted by molar-refractivity contribution is 0.134. The number of hydrogen-bond acceptors (Lipinski definition) is 0. The quantitative estimate of drug-likeness (QED) is 0.429. The van der Waals surface area contributed by atoms with E-state index in [1.54, 1.807) is 0 Å². The van der Waals surface area contributed by atoms with Crippen molar-refractivity contribution in [1.82, 2.24) is 0 Å². The molecule has 0 bridgehead atoms. The fourth-order valence-corrected chi connectivity index (χ4v) is 1.20. The van der Waals surface area contributed by atoms with Gasteiger partial charge >= 0.3 is 0 Å². The van der Waals surface area contributed by atoms with E-state index in [-0.39, 0.29) is 6.42 Å². The van der Waals surface area contributed by atoms with E-state index in [2.05, 4.69) is 0 Å². The molecule has 0 unspecified atom stereocenters. The Bertz CT molecular complexity index is 374. The first-order valence-corrected chi connectivity index (χ1v) is 4.45. The highest BCUT2D eigenvalue weighted by Gasteiger charge is 2.19. The predicted molar refractivity (Wildman–Crippen MR) is 44.1 cm³/mol. The van der Waals surface area contributed by atoms with Gasteiger partial charge in [-0.25, -0.2) is 26.3 Å². The summed E-state index contributed by atoms with van der Waals surface area (Å²) in [5, 5.41) is 0. The van der Waals surface area contributed by atoms with Crippen LogP contribution in [0.3, 0.4) is 0 Å². The highest BCUT2D eigenvalue weighted by atomic mass is 19.3. The third-order valence-electron chi connectivity index (χ3n) is 1.98. The summed E-state index contributed by atoms with van der Waals surface area (Å²) < 4.78 is 74.5. The van der Waals surface area contributed by atoms with Crippen molar-refractivity contribution in [3.63, 3.8) is 0 Å². The zero-order valence-electron chi connectivity index (χ0n) is 7.97. The van der Waals surface area contributed by atoms with Crippen molar-refractivity contribution in [2.24, 2.45) is 0 Å². The molecule has 1 aromatic rings. The molecule has 16 heavy (non-hydrogen) atoms. The van der Waals surface area contributed by atoms with Crippen molar-refractivity contribution >= 4 is 0 Å². The first-order valence-electron chi connectivity index (χ1n) is 4.45. The molecule has 1 aromatic carbocycles. The summed E-state index contributed by atoms with van der Waals surface area (Å²) in [4.78, 5) is 0. The summed E-state index contributed by atoms with van der Waals surface area (Å²) in [6.45, 7) is 0. The minimum absolute atomic E-state index is 0.218. The molecule has 89 valence electrons. The van der Waals surface area contributed by atoms with Gasteiger partial charge in [-0.15, -0.1) is 0 Å². The van der Waals surface area contributed by atoms with Gasteiger partial charge in [0.1, 0.15) is 5.82 Å². The van der Waals surface area contributed by atoms with E-state index in [0.29, 0.717) is 0 Å². The van der Waals surface area contributed by atoms with Crippen LogP contribution in [0.1, 0.15) is 18.4 Å².